The summed E-state index contributed by atoms with van der Waals surface area (Å²) in [7, 11) is 0. The molecule has 0 atom stereocenters. The van der Waals surface area contributed by atoms with Crippen LogP contribution in [-0.4, -0.2) is 38.8 Å². The first-order valence-corrected chi connectivity index (χ1v) is 9.10. The Labute approximate surface area is 150 Å². The van der Waals surface area contributed by atoms with Gasteiger partial charge in [-0.05, 0) is 31.0 Å². The monoisotopic (exact) mass is 380 g/mol. The highest BCUT2D eigenvalue weighted by atomic mass is 32.1. The van der Waals surface area contributed by atoms with E-state index in [-0.39, 0.29) is 11.8 Å². The maximum atomic E-state index is 12.8. The number of pyridine rings is 1. The minimum absolute atomic E-state index is 0.0715. The van der Waals surface area contributed by atoms with Gasteiger partial charge in [0.15, 0.2) is 0 Å². The summed E-state index contributed by atoms with van der Waals surface area (Å²) in [4.78, 5) is 25.0. The highest BCUT2D eigenvalue weighted by Gasteiger charge is 2.33. The lowest BCUT2D eigenvalue weighted by Crippen LogP contribution is -2.38. The Morgan fingerprint density at radius 2 is 2.04 bits per heavy atom. The van der Waals surface area contributed by atoms with Crippen molar-refractivity contribution in [3.8, 4) is 0 Å². The Hall–Kier alpha value is -2.42. The van der Waals surface area contributed by atoms with Crippen LogP contribution in [0.15, 0.2) is 29.1 Å². The van der Waals surface area contributed by atoms with Crippen molar-refractivity contribution >= 4 is 28.3 Å². The van der Waals surface area contributed by atoms with Crippen molar-refractivity contribution in [3.63, 3.8) is 0 Å². The van der Waals surface area contributed by atoms with Gasteiger partial charge in [0.05, 0.1) is 16.5 Å². The molecule has 26 heavy (non-hydrogen) atoms. The molecule has 1 aliphatic heterocycles. The summed E-state index contributed by atoms with van der Waals surface area (Å²) >= 11 is 1.38. The van der Waals surface area contributed by atoms with Gasteiger partial charge in [-0.3, -0.25) is 4.79 Å². The van der Waals surface area contributed by atoms with Gasteiger partial charge in [0, 0.05) is 30.1 Å². The van der Waals surface area contributed by atoms with Crippen LogP contribution in [0.25, 0.3) is 11.0 Å². The summed E-state index contributed by atoms with van der Waals surface area (Å²) < 4.78 is 38.4. The molecule has 4 rings (SSSR count). The van der Waals surface area contributed by atoms with Gasteiger partial charge >= 0.3 is 6.18 Å². The van der Waals surface area contributed by atoms with Crippen LogP contribution in [0.3, 0.4) is 0 Å². The molecule has 1 N–H and O–H groups in total. The molecule has 0 saturated carbocycles. The number of piperidine rings is 1. The van der Waals surface area contributed by atoms with Crippen LogP contribution < -0.4 is 0 Å². The van der Waals surface area contributed by atoms with Gasteiger partial charge in [-0.15, -0.1) is 11.3 Å². The molecule has 1 amide bonds. The SMILES string of the molecule is O=C(c1cscn1)N1CCC(c2cc3nc(C(F)(F)F)ccc3[nH]2)CC1. The third kappa shape index (κ3) is 3.18. The van der Waals surface area contributed by atoms with Gasteiger partial charge in [0.25, 0.3) is 5.91 Å². The zero-order chi connectivity index (χ0) is 18.3. The number of carbonyl (C=O) groups is 1. The topological polar surface area (TPSA) is 61.9 Å². The van der Waals surface area contributed by atoms with Crippen LogP contribution >= 0.6 is 11.3 Å². The predicted octanol–water partition coefficient (Wildman–Crippen LogP) is 4.06. The fourth-order valence-corrected chi connectivity index (χ4v) is 3.81. The summed E-state index contributed by atoms with van der Waals surface area (Å²) in [6, 6.07) is 4.08. The molecule has 136 valence electrons. The fraction of sp³-hybridized carbons (Fsp3) is 0.353. The maximum absolute atomic E-state index is 12.8. The number of carbonyl (C=O) groups excluding carboxylic acids is 1. The molecule has 5 nitrogen and oxygen atoms in total. The zero-order valence-electron chi connectivity index (χ0n) is 13.6. The van der Waals surface area contributed by atoms with Crippen molar-refractivity contribution in [2.45, 2.75) is 24.9 Å². The van der Waals surface area contributed by atoms with Crippen LogP contribution in [0.4, 0.5) is 13.2 Å². The number of hydrogen-bond donors (Lipinski definition) is 1. The Morgan fingerprint density at radius 1 is 1.27 bits per heavy atom. The first kappa shape index (κ1) is 17.0. The molecule has 1 fully saturated rings. The molecular weight excluding hydrogens is 365 g/mol. The fourth-order valence-electron chi connectivity index (χ4n) is 3.28. The molecule has 3 aromatic heterocycles. The Balaban J connectivity index is 1.48. The van der Waals surface area contributed by atoms with E-state index in [9.17, 15) is 18.0 Å². The van der Waals surface area contributed by atoms with Crippen LogP contribution in [0.5, 0.6) is 0 Å². The van der Waals surface area contributed by atoms with E-state index in [0.717, 1.165) is 24.6 Å². The normalized spacial score (nSPS) is 16.3. The summed E-state index contributed by atoms with van der Waals surface area (Å²) in [5.74, 6) is 0.0934. The number of amides is 1. The van der Waals surface area contributed by atoms with Crippen molar-refractivity contribution < 1.29 is 18.0 Å². The van der Waals surface area contributed by atoms with E-state index < -0.39 is 11.9 Å². The lowest BCUT2D eigenvalue weighted by molar-refractivity contribution is -0.140. The molecule has 4 heterocycles. The molecule has 0 aromatic carbocycles. The summed E-state index contributed by atoms with van der Waals surface area (Å²) in [5.41, 5.74) is 2.98. The Kier molecular flexibility index (Phi) is 4.18. The number of aromatic amines is 1. The van der Waals surface area contributed by atoms with Gasteiger partial charge in [0.2, 0.25) is 0 Å². The third-order valence-electron chi connectivity index (χ3n) is 4.66. The Morgan fingerprint density at radius 3 is 2.69 bits per heavy atom. The van der Waals surface area contributed by atoms with Crippen molar-refractivity contribution in [3.05, 3.63) is 46.2 Å². The number of fused-ring (bicyclic) bond motifs is 1. The van der Waals surface area contributed by atoms with Crippen molar-refractivity contribution in [2.75, 3.05) is 13.1 Å². The van der Waals surface area contributed by atoms with Gasteiger partial charge in [0.1, 0.15) is 11.4 Å². The summed E-state index contributed by atoms with van der Waals surface area (Å²) in [6.45, 7) is 1.19. The quantitative estimate of drug-likeness (QED) is 0.729. The number of H-pyrrole nitrogens is 1. The minimum Gasteiger partial charge on any atom is -0.357 e. The first-order chi connectivity index (χ1) is 12.4. The second kappa shape index (κ2) is 6.39. The van der Waals surface area contributed by atoms with E-state index in [1.807, 2.05) is 0 Å². The number of alkyl halides is 3. The van der Waals surface area contributed by atoms with Crippen molar-refractivity contribution in [2.24, 2.45) is 0 Å². The van der Waals surface area contributed by atoms with E-state index in [0.29, 0.717) is 29.8 Å². The van der Waals surface area contributed by atoms with Gasteiger partial charge in [-0.25, -0.2) is 9.97 Å². The molecule has 0 aliphatic carbocycles. The highest BCUT2D eigenvalue weighted by molar-refractivity contribution is 7.07. The Bertz CT molecular complexity index is 927. The number of likely N-dealkylation sites (tertiary alicyclic amines) is 1. The molecule has 0 unspecified atom stereocenters. The van der Waals surface area contributed by atoms with Crippen LogP contribution in [-0.2, 0) is 6.18 Å². The average molecular weight is 380 g/mol. The summed E-state index contributed by atoms with van der Waals surface area (Å²) in [6.07, 6.45) is -2.96. The van der Waals surface area contributed by atoms with Gasteiger partial charge < -0.3 is 9.88 Å². The van der Waals surface area contributed by atoms with E-state index in [2.05, 4.69) is 15.0 Å². The second-order valence-corrected chi connectivity index (χ2v) is 7.01. The lowest BCUT2D eigenvalue weighted by atomic mass is 9.93. The molecule has 1 saturated heterocycles. The molecule has 0 bridgehead atoms. The predicted molar refractivity (Wildman–Crippen MR) is 91.1 cm³/mol. The number of nitrogens with zero attached hydrogens (tertiary/aromatic N) is 3. The van der Waals surface area contributed by atoms with E-state index >= 15 is 0 Å². The second-order valence-electron chi connectivity index (χ2n) is 6.29. The molecule has 9 heteroatoms. The highest BCUT2D eigenvalue weighted by Crippen LogP contribution is 2.32. The smallest absolute Gasteiger partial charge is 0.357 e. The van der Waals surface area contributed by atoms with Crippen molar-refractivity contribution in [1.82, 2.24) is 19.9 Å². The number of thiazole rings is 1. The number of rotatable bonds is 2. The number of nitrogens with one attached hydrogen (secondary N) is 1. The van der Waals surface area contributed by atoms with E-state index in [4.69, 9.17) is 0 Å². The van der Waals surface area contributed by atoms with E-state index in [1.165, 1.54) is 17.4 Å². The average Bonchev–Trinajstić information content (AvgIpc) is 3.29. The zero-order valence-corrected chi connectivity index (χ0v) is 14.4. The van der Waals surface area contributed by atoms with Crippen LogP contribution in [0.1, 0.15) is 40.6 Å². The first-order valence-electron chi connectivity index (χ1n) is 8.16. The minimum atomic E-state index is -4.45. The number of hydrogen-bond acceptors (Lipinski definition) is 4. The molecular formula is C17H15F3N4OS. The van der Waals surface area contributed by atoms with Crippen molar-refractivity contribution in [1.29, 1.82) is 0 Å². The summed E-state index contributed by atoms with van der Waals surface area (Å²) in [5, 5.41) is 1.73. The maximum Gasteiger partial charge on any atom is 0.433 e. The van der Waals surface area contributed by atoms with Crippen LogP contribution in [0, 0.1) is 0 Å². The van der Waals surface area contributed by atoms with Gasteiger partial charge in [-0.2, -0.15) is 13.2 Å². The number of aromatic nitrogens is 3. The number of halogens is 3. The van der Waals surface area contributed by atoms with Gasteiger partial charge in [-0.1, -0.05) is 0 Å². The molecule has 3 aromatic rings. The van der Waals surface area contributed by atoms with E-state index in [1.54, 1.807) is 21.9 Å². The lowest BCUT2D eigenvalue weighted by Gasteiger charge is -2.31. The van der Waals surface area contributed by atoms with Crippen LogP contribution in [0.2, 0.25) is 0 Å². The molecule has 1 aliphatic rings. The largest absolute Gasteiger partial charge is 0.433 e. The standard InChI is InChI=1S/C17H15F3N4OS/c18-17(19,20)15-2-1-11-13(23-15)7-12(22-11)10-3-5-24(6-4-10)16(25)14-8-26-9-21-14/h1-2,7-10,22H,3-6H2. The molecule has 0 radical (unpaired) electrons. The molecule has 0 spiro atoms. The third-order valence-corrected chi connectivity index (χ3v) is 5.25.